The molecule has 2 amide bonds. The Morgan fingerprint density at radius 3 is 2.81 bits per heavy atom. The quantitative estimate of drug-likeness (QED) is 0.824. The smallest absolute Gasteiger partial charge is 0.337 e. The van der Waals surface area contributed by atoms with E-state index in [9.17, 15) is 9.59 Å². The van der Waals surface area contributed by atoms with Crippen molar-refractivity contribution in [3.8, 4) is 0 Å². The van der Waals surface area contributed by atoms with Crippen LogP contribution in [0.3, 0.4) is 0 Å². The average Bonchev–Trinajstić information content (AvgIpc) is 2.65. The molecule has 5 nitrogen and oxygen atoms in total. The Morgan fingerprint density at radius 1 is 1.50 bits per heavy atom. The molecule has 6 heteroatoms. The molecule has 1 fully saturated rings. The first-order chi connectivity index (χ1) is 7.59. The third-order valence-corrected chi connectivity index (χ3v) is 2.68. The number of benzene rings is 1. The lowest BCUT2D eigenvalue weighted by molar-refractivity contribution is 0.0697. The number of rotatable bonds is 2. The standard InChI is InChI=1S/C10H9ClN2O3/c11-8-2-1-6(5-7(8)9(14)15)13-4-3-12-10(13)16/h1-2,5H,3-4H2,(H,12,16)(H,14,15). The summed E-state index contributed by atoms with van der Waals surface area (Å²) < 4.78 is 0. The first kappa shape index (κ1) is 10.8. The molecular weight excluding hydrogens is 232 g/mol. The van der Waals surface area contributed by atoms with Gasteiger partial charge in [0.15, 0.2) is 0 Å². The Balaban J connectivity index is 2.39. The van der Waals surface area contributed by atoms with Crippen molar-refractivity contribution < 1.29 is 14.7 Å². The predicted octanol–water partition coefficient (Wildman–Crippen LogP) is 1.57. The van der Waals surface area contributed by atoms with Crippen LogP contribution in [0, 0.1) is 0 Å². The number of carbonyl (C=O) groups excluding carboxylic acids is 1. The van der Waals surface area contributed by atoms with Crippen molar-refractivity contribution in [2.75, 3.05) is 18.0 Å². The van der Waals surface area contributed by atoms with Crippen molar-refractivity contribution in [2.45, 2.75) is 0 Å². The number of anilines is 1. The number of hydrogen-bond donors (Lipinski definition) is 2. The number of carboxylic acid groups (broad SMARTS) is 1. The molecule has 0 atom stereocenters. The van der Waals surface area contributed by atoms with Crippen molar-refractivity contribution in [1.82, 2.24) is 5.32 Å². The van der Waals surface area contributed by atoms with Crippen LogP contribution in [-0.4, -0.2) is 30.2 Å². The van der Waals surface area contributed by atoms with Gasteiger partial charge < -0.3 is 10.4 Å². The van der Waals surface area contributed by atoms with E-state index in [2.05, 4.69) is 5.32 Å². The fourth-order valence-corrected chi connectivity index (χ4v) is 1.76. The number of carbonyl (C=O) groups is 2. The van der Waals surface area contributed by atoms with Gasteiger partial charge in [-0.15, -0.1) is 0 Å². The molecule has 2 N–H and O–H groups in total. The molecule has 2 rings (SSSR count). The van der Waals surface area contributed by atoms with Gasteiger partial charge >= 0.3 is 12.0 Å². The average molecular weight is 241 g/mol. The third kappa shape index (κ3) is 1.81. The minimum Gasteiger partial charge on any atom is -0.478 e. The van der Waals surface area contributed by atoms with Crippen molar-refractivity contribution >= 4 is 29.3 Å². The minimum absolute atomic E-state index is 0.00105. The maximum Gasteiger partial charge on any atom is 0.337 e. The highest BCUT2D eigenvalue weighted by Gasteiger charge is 2.22. The molecule has 1 heterocycles. The molecule has 0 saturated carbocycles. The zero-order chi connectivity index (χ0) is 11.7. The van der Waals surface area contributed by atoms with Crippen LogP contribution in [0.2, 0.25) is 5.02 Å². The van der Waals surface area contributed by atoms with Crippen LogP contribution in [0.25, 0.3) is 0 Å². The van der Waals surface area contributed by atoms with Crippen LogP contribution in [-0.2, 0) is 0 Å². The van der Waals surface area contributed by atoms with Crippen LogP contribution in [0.15, 0.2) is 18.2 Å². The number of nitrogens with one attached hydrogen (secondary N) is 1. The summed E-state index contributed by atoms with van der Waals surface area (Å²) in [4.78, 5) is 23.7. The summed E-state index contributed by atoms with van der Waals surface area (Å²) >= 11 is 5.73. The van der Waals surface area contributed by atoms with E-state index in [1.165, 1.54) is 17.0 Å². The number of carboxylic acids is 1. The van der Waals surface area contributed by atoms with Crippen LogP contribution in [0.5, 0.6) is 0 Å². The Kier molecular flexibility index (Phi) is 2.70. The first-order valence-electron chi connectivity index (χ1n) is 4.68. The van der Waals surface area contributed by atoms with Gasteiger partial charge in [-0.2, -0.15) is 0 Å². The Morgan fingerprint density at radius 2 is 2.25 bits per heavy atom. The molecule has 1 saturated heterocycles. The SMILES string of the molecule is O=C(O)c1cc(N2CCNC2=O)ccc1Cl. The van der Waals surface area contributed by atoms with Gasteiger partial charge in [-0.05, 0) is 18.2 Å². The van der Waals surface area contributed by atoms with Crippen molar-refractivity contribution in [1.29, 1.82) is 0 Å². The summed E-state index contributed by atoms with van der Waals surface area (Å²) in [6.45, 7) is 1.09. The number of hydrogen-bond acceptors (Lipinski definition) is 2. The van der Waals surface area contributed by atoms with Gasteiger partial charge in [-0.1, -0.05) is 11.6 Å². The zero-order valence-electron chi connectivity index (χ0n) is 8.24. The third-order valence-electron chi connectivity index (χ3n) is 2.35. The highest BCUT2D eigenvalue weighted by Crippen LogP contribution is 2.24. The lowest BCUT2D eigenvalue weighted by atomic mass is 10.2. The van der Waals surface area contributed by atoms with Gasteiger partial charge in [0.25, 0.3) is 0 Å². The molecule has 0 spiro atoms. The monoisotopic (exact) mass is 240 g/mol. The first-order valence-corrected chi connectivity index (χ1v) is 5.05. The van der Waals surface area contributed by atoms with E-state index in [-0.39, 0.29) is 16.6 Å². The van der Waals surface area contributed by atoms with Crippen LogP contribution in [0.4, 0.5) is 10.5 Å². The molecule has 0 aromatic heterocycles. The lowest BCUT2D eigenvalue weighted by Gasteiger charge is -2.14. The summed E-state index contributed by atoms with van der Waals surface area (Å²) in [6, 6.07) is 4.28. The Bertz CT molecular complexity index is 461. The second kappa shape index (κ2) is 4.02. The molecule has 1 aliphatic rings. The Hall–Kier alpha value is -1.75. The second-order valence-corrected chi connectivity index (χ2v) is 3.76. The molecule has 1 aromatic carbocycles. The lowest BCUT2D eigenvalue weighted by Crippen LogP contribution is -2.27. The van der Waals surface area contributed by atoms with Crippen molar-refractivity contribution in [3.05, 3.63) is 28.8 Å². The number of halogens is 1. The highest BCUT2D eigenvalue weighted by molar-refractivity contribution is 6.33. The Labute approximate surface area is 96.6 Å². The molecule has 0 radical (unpaired) electrons. The van der Waals surface area contributed by atoms with E-state index < -0.39 is 5.97 Å². The van der Waals surface area contributed by atoms with E-state index in [0.29, 0.717) is 18.8 Å². The fraction of sp³-hybridized carbons (Fsp3) is 0.200. The van der Waals surface area contributed by atoms with E-state index in [1.54, 1.807) is 6.07 Å². The minimum atomic E-state index is -1.11. The topological polar surface area (TPSA) is 69.6 Å². The van der Waals surface area contributed by atoms with Gasteiger partial charge in [0.05, 0.1) is 10.6 Å². The van der Waals surface area contributed by atoms with Gasteiger partial charge in [-0.3, -0.25) is 4.90 Å². The van der Waals surface area contributed by atoms with Gasteiger partial charge in [-0.25, -0.2) is 9.59 Å². The van der Waals surface area contributed by atoms with Gasteiger partial charge in [0, 0.05) is 18.8 Å². The summed E-state index contributed by atoms with van der Waals surface area (Å²) in [7, 11) is 0. The second-order valence-electron chi connectivity index (χ2n) is 3.35. The summed E-state index contributed by atoms with van der Waals surface area (Å²) in [5.74, 6) is -1.11. The summed E-state index contributed by atoms with van der Waals surface area (Å²) in [5, 5.41) is 11.7. The van der Waals surface area contributed by atoms with Crippen LogP contribution in [0.1, 0.15) is 10.4 Å². The van der Waals surface area contributed by atoms with Crippen LogP contribution >= 0.6 is 11.6 Å². The number of urea groups is 1. The highest BCUT2D eigenvalue weighted by atomic mass is 35.5. The molecule has 0 bridgehead atoms. The molecule has 84 valence electrons. The fourth-order valence-electron chi connectivity index (χ4n) is 1.56. The molecular formula is C10H9ClN2O3. The van der Waals surface area contributed by atoms with Gasteiger partial charge in [0.1, 0.15) is 0 Å². The zero-order valence-corrected chi connectivity index (χ0v) is 8.99. The van der Waals surface area contributed by atoms with Gasteiger partial charge in [0.2, 0.25) is 0 Å². The normalized spacial score (nSPS) is 15.1. The number of aromatic carboxylic acids is 1. The molecule has 0 unspecified atom stereocenters. The van der Waals surface area contributed by atoms with E-state index in [1.807, 2.05) is 0 Å². The molecule has 0 aliphatic carbocycles. The maximum atomic E-state index is 11.4. The van der Waals surface area contributed by atoms with Crippen molar-refractivity contribution in [3.63, 3.8) is 0 Å². The largest absolute Gasteiger partial charge is 0.478 e. The van der Waals surface area contributed by atoms with Crippen LogP contribution < -0.4 is 10.2 Å². The van der Waals surface area contributed by atoms with E-state index >= 15 is 0 Å². The number of amides is 2. The number of nitrogens with zero attached hydrogens (tertiary/aromatic N) is 1. The van der Waals surface area contributed by atoms with E-state index in [4.69, 9.17) is 16.7 Å². The van der Waals surface area contributed by atoms with Crippen molar-refractivity contribution in [2.24, 2.45) is 0 Å². The molecule has 1 aliphatic heterocycles. The molecule has 1 aromatic rings. The summed E-state index contributed by atoms with van der Waals surface area (Å²) in [6.07, 6.45) is 0. The summed E-state index contributed by atoms with van der Waals surface area (Å²) in [5.41, 5.74) is 0.538. The predicted molar refractivity (Wildman–Crippen MR) is 59.2 cm³/mol. The van der Waals surface area contributed by atoms with E-state index in [0.717, 1.165) is 0 Å². The maximum absolute atomic E-state index is 11.4. The molecule has 16 heavy (non-hydrogen) atoms.